The first kappa shape index (κ1) is 12.1. The minimum Gasteiger partial charge on any atom is -0.288 e. The Bertz CT molecular complexity index is 366. The first-order chi connectivity index (χ1) is 8.40. The van der Waals surface area contributed by atoms with Gasteiger partial charge in [0.05, 0.1) is 12.1 Å². The molecule has 1 aliphatic rings. The van der Waals surface area contributed by atoms with Crippen LogP contribution in [-0.2, 0) is 6.42 Å². The van der Waals surface area contributed by atoms with E-state index < -0.39 is 0 Å². The molecule has 2 rings (SSSR count). The summed E-state index contributed by atoms with van der Waals surface area (Å²) in [6.07, 6.45) is 5.84. The van der Waals surface area contributed by atoms with E-state index in [9.17, 15) is 0 Å². The summed E-state index contributed by atoms with van der Waals surface area (Å²) in [6.45, 7) is 2.20. The molecule has 0 amide bonds. The van der Waals surface area contributed by atoms with Crippen LogP contribution in [0.4, 0.5) is 0 Å². The predicted molar refractivity (Wildman–Crippen MR) is 69.6 cm³/mol. The van der Waals surface area contributed by atoms with Crippen molar-refractivity contribution in [3.8, 4) is 6.07 Å². The van der Waals surface area contributed by atoms with Crippen molar-refractivity contribution in [2.24, 2.45) is 0 Å². The van der Waals surface area contributed by atoms with E-state index in [1.165, 1.54) is 24.8 Å². The van der Waals surface area contributed by atoms with Crippen LogP contribution in [-0.4, -0.2) is 24.0 Å². The van der Waals surface area contributed by atoms with Gasteiger partial charge in [-0.3, -0.25) is 4.90 Å². The Morgan fingerprint density at radius 3 is 2.82 bits per heavy atom. The number of benzene rings is 1. The molecule has 0 spiro atoms. The van der Waals surface area contributed by atoms with Gasteiger partial charge in [0.2, 0.25) is 0 Å². The van der Waals surface area contributed by atoms with Crippen molar-refractivity contribution in [2.45, 2.75) is 38.1 Å². The van der Waals surface area contributed by atoms with E-state index in [0.29, 0.717) is 0 Å². The Kier molecular flexibility index (Phi) is 4.58. The van der Waals surface area contributed by atoms with Gasteiger partial charge in [-0.25, -0.2) is 0 Å². The first-order valence-electron chi connectivity index (χ1n) is 6.58. The van der Waals surface area contributed by atoms with Crippen molar-refractivity contribution >= 4 is 0 Å². The molecule has 0 radical (unpaired) electrons. The van der Waals surface area contributed by atoms with Crippen LogP contribution in [0.1, 0.15) is 31.2 Å². The highest BCUT2D eigenvalue weighted by Gasteiger charge is 2.22. The highest BCUT2D eigenvalue weighted by atomic mass is 15.2. The Labute approximate surface area is 104 Å². The van der Waals surface area contributed by atoms with E-state index in [4.69, 9.17) is 5.26 Å². The standard InChI is InChI=1S/C15H20N2/c16-13-15-10-6-12-17(15)11-5-4-9-14-7-2-1-3-8-14/h1-3,7-8,15H,4-6,9-12H2. The second kappa shape index (κ2) is 6.42. The summed E-state index contributed by atoms with van der Waals surface area (Å²) in [5.74, 6) is 0. The van der Waals surface area contributed by atoms with Crippen LogP contribution in [0.5, 0.6) is 0 Å². The molecule has 1 saturated heterocycles. The molecule has 0 N–H and O–H groups in total. The monoisotopic (exact) mass is 228 g/mol. The molecule has 0 aromatic heterocycles. The predicted octanol–water partition coefficient (Wildman–Crippen LogP) is 3.00. The molecule has 1 atom stereocenters. The van der Waals surface area contributed by atoms with E-state index >= 15 is 0 Å². The van der Waals surface area contributed by atoms with Crippen molar-refractivity contribution in [3.05, 3.63) is 35.9 Å². The molecule has 1 fully saturated rings. The highest BCUT2D eigenvalue weighted by molar-refractivity contribution is 5.14. The molecule has 90 valence electrons. The lowest BCUT2D eigenvalue weighted by molar-refractivity contribution is 0.288. The molecule has 0 aliphatic carbocycles. The minimum atomic E-state index is 0.187. The lowest BCUT2D eigenvalue weighted by Crippen LogP contribution is -2.29. The van der Waals surface area contributed by atoms with Gasteiger partial charge in [0.1, 0.15) is 0 Å². The van der Waals surface area contributed by atoms with Gasteiger partial charge < -0.3 is 0 Å². The Balaban J connectivity index is 1.65. The van der Waals surface area contributed by atoms with E-state index in [1.54, 1.807) is 0 Å². The maximum atomic E-state index is 8.98. The van der Waals surface area contributed by atoms with Crippen molar-refractivity contribution < 1.29 is 0 Å². The maximum absolute atomic E-state index is 8.98. The summed E-state index contributed by atoms with van der Waals surface area (Å²) in [4.78, 5) is 2.34. The molecule has 2 nitrogen and oxygen atoms in total. The highest BCUT2D eigenvalue weighted by Crippen LogP contribution is 2.17. The third-order valence-electron chi connectivity index (χ3n) is 3.52. The lowest BCUT2D eigenvalue weighted by Gasteiger charge is -2.18. The van der Waals surface area contributed by atoms with Gasteiger partial charge >= 0.3 is 0 Å². The number of unbranched alkanes of at least 4 members (excludes halogenated alkanes) is 1. The number of nitriles is 1. The van der Waals surface area contributed by atoms with Crippen molar-refractivity contribution in [2.75, 3.05) is 13.1 Å². The minimum absolute atomic E-state index is 0.187. The number of rotatable bonds is 5. The van der Waals surface area contributed by atoms with Gasteiger partial charge in [0.25, 0.3) is 0 Å². The summed E-state index contributed by atoms with van der Waals surface area (Å²) in [5, 5.41) is 8.98. The van der Waals surface area contributed by atoms with Crippen LogP contribution in [0, 0.1) is 11.3 Å². The molecule has 2 heteroatoms. The van der Waals surface area contributed by atoms with Gasteiger partial charge in [0, 0.05) is 0 Å². The fourth-order valence-electron chi connectivity index (χ4n) is 2.53. The number of likely N-dealkylation sites (tertiary alicyclic amines) is 1. The average molecular weight is 228 g/mol. The zero-order valence-corrected chi connectivity index (χ0v) is 10.3. The summed E-state index contributed by atoms with van der Waals surface area (Å²) < 4.78 is 0. The smallest absolute Gasteiger partial charge is 0.0978 e. The third-order valence-corrected chi connectivity index (χ3v) is 3.52. The van der Waals surface area contributed by atoms with E-state index in [-0.39, 0.29) is 6.04 Å². The quantitative estimate of drug-likeness (QED) is 0.724. The summed E-state index contributed by atoms with van der Waals surface area (Å²) in [6, 6.07) is 13.2. The molecular formula is C15H20N2. The van der Waals surface area contributed by atoms with Crippen LogP contribution in [0.2, 0.25) is 0 Å². The van der Waals surface area contributed by atoms with Crippen molar-refractivity contribution in [3.63, 3.8) is 0 Å². The molecule has 1 aliphatic heterocycles. The summed E-state index contributed by atoms with van der Waals surface area (Å²) in [7, 11) is 0. The van der Waals surface area contributed by atoms with E-state index in [0.717, 1.165) is 25.9 Å². The topological polar surface area (TPSA) is 27.0 Å². The number of nitrogens with zero attached hydrogens (tertiary/aromatic N) is 2. The van der Waals surface area contributed by atoms with Gasteiger partial charge in [-0.1, -0.05) is 30.3 Å². The Hall–Kier alpha value is -1.33. The maximum Gasteiger partial charge on any atom is 0.0978 e. The SMILES string of the molecule is N#CC1CCCN1CCCCc1ccccc1. The van der Waals surface area contributed by atoms with E-state index in [2.05, 4.69) is 41.3 Å². The van der Waals surface area contributed by atoms with Crippen LogP contribution in [0.15, 0.2) is 30.3 Å². The van der Waals surface area contributed by atoms with Crippen LogP contribution in [0.25, 0.3) is 0 Å². The molecule has 1 aromatic rings. The number of hydrogen-bond donors (Lipinski definition) is 0. The number of hydrogen-bond acceptors (Lipinski definition) is 2. The largest absolute Gasteiger partial charge is 0.288 e. The average Bonchev–Trinajstić information content (AvgIpc) is 2.83. The van der Waals surface area contributed by atoms with Crippen LogP contribution in [0.3, 0.4) is 0 Å². The van der Waals surface area contributed by atoms with Crippen molar-refractivity contribution in [1.82, 2.24) is 4.90 Å². The fourth-order valence-corrected chi connectivity index (χ4v) is 2.53. The molecule has 1 heterocycles. The van der Waals surface area contributed by atoms with Crippen LogP contribution >= 0.6 is 0 Å². The Morgan fingerprint density at radius 2 is 2.06 bits per heavy atom. The molecule has 0 bridgehead atoms. The second-order valence-electron chi connectivity index (χ2n) is 4.77. The fraction of sp³-hybridized carbons (Fsp3) is 0.533. The van der Waals surface area contributed by atoms with Gasteiger partial charge in [0.15, 0.2) is 0 Å². The van der Waals surface area contributed by atoms with E-state index in [1.807, 2.05) is 0 Å². The Morgan fingerprint density at radius 1 is 1.24 bits per heavy atom. The first-order valence-corrected chi connectivity index (χ1v) is 6.58. The normalized spacial score (nSPS) is 20.3. The molecular weight excluding hydrogens is 208 g/mol. The molecule has 1 unspecified atom stereocenters. The lowest BCUT2D eigenvalue weighted by atomic mass is 10.1. The summed E-state index contributed by atoms with van der Waals surface area (Å²) >= 11 is 0. The van der Waals surface area contributed by atoms with Gasteiger partial charge in [-0.05, 0) is 50.8 Å². The second-order valence-corrected chi connectivity index (χ2v) is 4.77. The zero-order valence-electron chi connectivity index (χ0n) is 10.3. The zero-order chi connectivity index (χ0) is 11.9. The number of aryl methyl sites for hydroxylation is 1. The third kappa shape index (κ3) is 3.57. The molecule has 0 saturated carbocycles. The summed E-state index contributed by atoms with van der Waals surface area (Å²) in [5.41, 5.74) is 1.42. The van der Waals surface area contributed by atoms with Gasteiger partial charge in [-0.2, -0.15) is 5.26 Å². The van der Waals surface area contributed by atoms with Crippen molar-refractivity contribution in [1.29, 1.82) is 5.26 Å². The molecule has 17 heavy (non-hydrogen) atoms. The van der Waals surface area contributed by atoms with Gasteiger partial charge in [-0.15, -0.1) is 0 Å². The van der Waals surface area contributed by atoms with Crippen LogP contribution < -0.4 is 0 Å². The molecule has 1 aromatic carbocycles.